The molecule has 0 saturated heterocycles. The first-order valence-corrected chi connectivity index (χ1v) is 8.22. The van der Waals surface area contributed by atoms with Crippen molar-refractivity contribution in [2.24, 2.45) is 15.0 Å². The van der Waals surface area contributed by atoms with Crippen LogP contribution in [0.1, 0.15) is 45.6 Å². The van der Waals surface area contributed by atoms with Crippen LogP contribution < -0.4 is 0 Å². The van der Waals surface area contributed by atoms with Crippen molar-refractivity contribution >= 4 is 18.1 Å². The Morgan fingerprint density at radius 1 is 1.04 bits per heavy atom. The Bertz CT molecular complexity index is 610. The third kappa shape index (κ3) is 10.3. The molecule has 0 aliphatic carbocycles. The van der Waals surface area contributed by atoms with Gasteiger partial charge in [0.1, 0.15) is 0 Å². The van der Waals surface area contributed by atoms with Crippen molar-refractivity contribution in [2.45, 2.75) is 47.0 Å². The van der Waals surface area contributed by atoms with E-state index in [1.807, 2.05) is 57.1 Å². The van der Waals surface area contributed by atoms with Crippen LogP contribution in [0.25, 0.3) is 0 Å². The normalized spacial score (nSPS) is 16.1. The van der Waals surface area contributed by atoms with E-state index in [2.05, 4.69) is 46.0 Å². The maximum atomic E-state index is 3.97. The lowest BCUT2D eigenvalue weighted by atomic mass is 10.3. The fraction of sp³-hybridized carbons (Fsp3) is 0.350. The van der Waals surface area contributed by atoms with Crippen LogP contribution in [0.2, 0.25) is 0 Å². The van der Waals surface area contributed by atoms with Gasteiger partial charge >= 0.3 is 0 Å². The lowest BCUT2D eigenvalue weighted by Crippen LogP contribution is -1.78. The maximum Gasteiger partial charge on any atom is 0.0332 e. The van der Waals surface area contributed by atoms with E-state index < -0.39 is 0 Å². The highest BCUT2D eigenvalue weighted by molar-refractivity contribution is 5.85. The summed E-state index contributed by atoms with van der Waals surface area (Å²) in [6.07, 6.45) is 18.7. The topological polar surface area (TPSA) is 52.9 Å². The van der Waals surface area contributed by atoms with E-state index in [4.69, 9.17) is 0 Å². The van der Waals surface area contributed by atoms with Gasteiger partial charge in [0.25, 0.3) is 0 Å². The van der Waals surface area contributed by atoms with Gasteiger partial charge in [0.05, 0.1) is 0 Å². The third-order valence-corrected chi connectivity index (χ3v) is 3.19. The molecule has 4 rings (SSSR count). The van der Waals surface area contributed by atoms with Gasteiger partial charge in [-0.1, -0.05) is 12.2 Å². The van der Waals surface area contributed by atoms with Crippen molar-refractivity contribution in [1.29, 1.82) is 0 Å². The Hall–Kier alpha value is -2.49. The number of nitrogens with one attached hydrogen (secondary N) is 1. The molecule has 1 N–H and O–H groups in total. The summed E-state index contributed by atoms with van der Waals surface area (Å²) in [5, 5.41) is 0. The molecular weight excluding hydrogens is 296 g/mol. The van der Waals surface area contributed by atoms with E-state index in [9.17, 15) is 0 Å². The molecule has 0 aromatic carbocycles. The lowest BCUT2D eigenvalue weighted by molar-refractivity contribution is 1.32. The fourth-order valence-corrected chi connectivity index (χ4v) is 1.77. The van der Waals surface area contributed by atoms with Gasteiger partial charge in [-0.05, 0) is 44.9 Å². The number of hydrogen-bond donors (Lipinski definition) is 1. The van der Waals surface area contributed by atoms with Gasteiger partial charge < -0.3 is 4.98 Å². The van der Waals surface area contributed by atoms with E-state index in [1.54, 1.807) is 0 Å². The average Bonchev–Trinajstić information content (AvgIpc) is 3.31. The summed E-state index contributed by atoms with van der Waals surface area (Å²) in [5.74, 6) is 0. The molecule has 0 radical (unpaired) electrons. The van der Waals surface area contributed by atoms with Gasteiger partial charge in [0, 0.05) is 67.9 Å². The largest absolute Gasteiger partial charge is 0.367 e. The number of H-pyrrole nitrogens is 1. The Morgan fingerprint density at radius 3 is 2.04 bits per heavy atom. The first kappa shape index (κ1) is 19.6. The summed E-state index contributed by atoms with van der Waals surface area (Å²) >= 11 is 0. The molecule has 0 saturated carbocycles. The van der Waals surface area contributed by atoms with Crippen LogP contribution in [0.3, 0.4) is 0 Å². The van der Waals surface area contributed by atoms with Crippen LogP contribution in [0.15, 0.2) is 69.3 Å². The monoisotopic (exact) mass is 324 g/mol. The summed E-state index contributed by atoms with van der Waals surface area (Å²) in [7, 11) is 0. The van der Waals surface area contributed by atoms with Gasteiger partial charge in [-0.2, -0.15) is 0 Å². The van der Waals surface area contributed by atoms with Gasteiger partial charge in [-0.15, -0.1) is 0 Å². The standard InChI is InChI=1S/4C5H7N/c2*1-5-2-3-6-4-5;2*1-5-3-2-4-6-5/h3-4H,2H2,1H3;2-4,6H,1H3;3-4H,2H2,1H3;2,4H,3H2,1H3. The highest BCUT2D eigenvalue weighted by Gasteiger charge is 1.88. The minimum absolute atomic E-state index is 1.03. The van der Waals surface area contributed by atoms with Crippen molar-refractivity contribution < 1.29 is 0 Å². The summed E-state index contributed by atoms with van der Waals surface area (Å²) in [5.41, 5.74) is 5.01. The van der Waals surface area contributed by atoms with Crippen molar-refractivity contribution in [3.05, 3.63) is 59.8 Å². The first-order valence-electron chi connectivity index (χ1n) is 8.22. The van der Waals surface area contributed by atoms with Crippen LogP contribution in [0.5, 0.6) is 0 Å². The minimum atomic E-state index is 1.03. The quantitative estimate of drug-likeness (QED) is 0.663. The third-order valence-electron chi connectivity index (χ3n) is 3.19. The molecule has 4 nitrogen and oxygen atoms in total. The Balaban J connectivity index is 0.000000160. The molecule has 3 aliphatic heterocycles. The molecule has 0 fully saturated rings. The Morgan fingerprint density at radius 2 is 1.88 bits per heavy atom. The molecule has 3 aliphatic rings. The van der Waals surface area contributed by atoms with Crippen molar-refractivity contribution in [3.63, 3.8) is 0 Å². The molecule has 0 spiro atoms. The van der Waals surface area contributed by atoms with Crippen LogP contribution in [-0.4, -0.2) is 23.1 Å². The lowest BCUT2D eigenvalue weighted by Gasteiger charge is -1.76. The van der Waals surface area contributed by atoms with Crippen LogP contribution in [-0.2, 0) is 0 Å². The highest BCUT2D eigenvalue weighted by Crippen LogP contribution is 2.02. The smallest absolute Gasteiger partial charge is 0.0332 e. The van der Waals surface area contributed by atoms with Crippen LogP contribution in [0.4, 0.5) is 0 Å². The molecule has 0 bridgehead atoms. The van der Waals surface area contributed by atoms with Crippen molar-refractivity contribution in [3.8, 4) is 0 Å². The molecule has 0 unspecified atom stereocenters. The molecule has 0 amide bonds. The van der Waals surface area contributed by atoms with E-state index in [0.717, 1.165) is 25.0 Å². The van der Waals surface area contributed by atoms with E-state index in [0.29, 0.717) is 0 Å². The Labute approximate surface area is 145 Å². The molecule has 1 aromatic heterocycles. The molecule has 0 atom stereocenters. The van der Waals surface area contributed by atoms with E-state index in [-0.39, 0.29) is 0 Å². The summed E-state index contributed by atoms with van der Waals surface area (Å²) in [6.45, 7) is 8.16. The number of aromatic nitrogens is 1. The van der Waals surface area contributed by atoms with Gasteiger partial charge in [-0.25, -0.2) is 0 Å². The zero-order valence-corrected chi connectivity index (χ0v) is 15.2. The van der Waals surface area contributed by atoms with Gasteiger partial charge in [0.15, 0.2) is 0 Å². The van der Waals surface area contributed by atoms with Crippen molar-refractivity contribution in [2.75, 3.05) is 0 Å². The van der Waals surface area contributed by atoms with Gasteiger partial charge in [-0.3, -0.25) is 15.0 Å². The molecule has 4 heteroatoms. The van der Waals surface area contributed by atoms with Crippen LogP contribution in [0, 0.1) is 6.92 Å². The number of aryl methyl sites for hydroxylation is 1. The predicted octanol–water partition coefficient (Wildman–Crippen LogP) is 5.42. The first-order chi connectivity index (χ1) is 11.6. The molecule has 4 heterocycles. The second-order valence-electron chi connectivity index (χ2n) is 5.75. The number of nitrogens with zero attached hydrogens (tertiary/aromatic N) is 3. The van der Waals surface area contributed by atoms with Crippen molar-refractivity contribution in [1.82, 2.24) is 4.98 Å². The number of allylic oxidation sites excluding steroid dienone is 4. The Kier molecular flexibility index (Phi) is 9.78. The number of aromatic amines is 1. The average molecular weight is 324 g/mol. The predicted molar refractivity (Wildman–Crippen MR) is 106 cm³/mol. The second kappa shape index (κ2) is 12.0. The van der Waals surface area contributed by atoms with Gasteiger partial charge in [0.2, 0.25) is 0 Å². The number of hydrogen-bond acceptors (Lipinski definition) is 3. The molecule has 24 heavy (non-hydrogen) atoms. The van der Waals surface area contributed by atoms with E-state index >= 15 is 0 Å². The second-order valence-corrected chi connectivity index (χ2v) is 5.75. The molecule has 128 valence electrons. The number of aliphatic imine (C=N–C) groups is 3. The zero-order valence-electron chi connectivity index (χ0n) is 15.2. The summed E-state index contributed by atoms with van der Waals surface area (Å²) in [6, 6.07) is 2.03. The molecular formula is C20H28N4. The summed E-state index contributed by atoms with van der Waals surface area (Å²) in [4.78, 5) is 14.8. The highest BCUT2D eigenvalue weighted by atomic mass is 14.7. The maximum absolute atomic E-state index is 3.97. The number of rotatable bonds is 0. The SMILES string of the molecule is CC1=CCC=N1.CC1=CN=CC1.CC1=NC=CC1.Cc1cc[nH]c1. The van der Waals surface area contributed by atoms with Crippen LogP contribution >= 0.6 is 0 Å². The minimum Gasteiger partial charge on any atom is -0.367 e. The van der Waals surface area contributed by atoms with E-state index in [1.165, 1.54) is 16.8 Å². The fourth-order valence-electron chi connectivity index (χ4n) is 1.77. The summed E-state index contributed by atoms with van der Waals surface area (Å²) < 4.78 is 0. The molecule has 1 aromatic rings. The zero-order chi connectivity index (χ0) is 17.6.